The number of nitrogens with zero attached hydrogens (tertiary/aromatic N) is 4. The first-order valence-corrected chi connectivity index (χ1v) is 11.0. The fraction of sp³-hybridized carbons (Fsp3) is 0.474. The Morgan fingerprint density at radius 1 is 1.03 bits per heavy atom. The van der Waals surface area contributed by atoms with Crippen LogP contribution in [-0.4, -0.2) is 68.8 Å². The SMILES string of the molecule is CCS(=O)(=O)N1CCN(c2nc(-c3ccc(OC)c(OC)c3)cc(C(F)F)n2)CC1. The minimum atomic E-state index is -3.29. The van der Waals surface area contributed by atoms with Crippen molar-refractivity contribution >= 4 is 16.0 Å². The maximum absolute atomic E-state index is 13.5. The average Bonchev–Trinajstić information content (AvgIpc) is 2.78. The van der Waals surface area contributed by atoms with Gasteiger partial charge in [0.05, 0.1) is 25.7 Å². The van der Waals surface area contributed by atoms with Gasteiger partial charge >= 0.3 is 0 Å². The quantitative estimate of drug-likeness (QED) is 0.652. The van der Waals surface area contributed by atoms with Gasteiger partial charge in [0.1, 0.15) is 5.69 Å². The van der Waals surface area contributed by atoms with E-state index >= 15 is 0 Å². The van der Waals surface area contributed by atoms with Gasteiger partial charge in [0.2, 0.25) is 16.0 Å². The number of alkyl halides is 2. The molecule has 0 saturated carbocycles. The fourth-order valence-electron chi connectivity index (χ4n) is 3.20. The monoisotopic (exact) mass is 442 g/mol. The lowest BCUT2D eigenvalue weighted by Crippen LogP contribution is -2.49. The van der Waals surface area contributed by atoms with Crippen molar-refractivity contribution < 1.29 is 26.7 Å². The smallest absolute Gasteiger partial charge is 0.280 e. The Bertz CT molecular complexity index is 996. The molecule has 11 heteroatoms. The van der Waals surface area contributed by atoms with E-state index in [2.05, 4.69) is 9.97 Å². The Morgan fingerprint density at radius 2 is 1.70 bits per heavy atom. The van der Waals surface area contributed by atoms with E-state index in [1.54, 1.807) is 30.0 Å². The lowest BCUT2D eigenvalue weighted by Gasteiger charge is -2.34. The zero-order valence-corrected chi connectivity index (χ0v) is 17.8. The van der Waals surface area contributed by atoms with Gasteiger partial charge in [0.25, 0.3) is 6.43 Å². The van der Waals surface area contributed by atoms with Gasteiger partial charge in [-0.1, -0.05) is 0 Å². The molecule has 164 valence electrons. The summed E-state index contributed by atoms with van der Waals surface area (Å²) in [5, 5.41) is 0. The van der Waals surface area contributed by atoms with Gasteiger partial charge < -0.3 is 14.4 Å². The highest BCUT2D eigenvalue weighted by Gasteiger charge is 2.27. The highest BCUT2D eigenvalue weighted by molar-refractivity contribution is 7.89. The van der Waals surface area contributed by atoms with Crippen LogP contribution in [-0.2, 0) is 10.0 Å². The molecular formula is C19H24F2N4O4S. The van der Waals surface area contributed by atoms with Crippen LogP contribution in [0.15, 0.2) is 24.3 Å². The minimum Gasteiger partial charge on any atom is -0.493 e. The van der Waals surface area contributed by atoms with Gasteiger partial charge in [-0.2, -0.15) is 4.31 Å². The van der Waals surface area contributed by atoms with Crippen molar-refractivity contribution in [2.24, 2.45) is 0 Å². The Kier molecular flexibility index (Phi) is 6.71. The van der Waals surface area contributed by atoms with Crippen molar-refractivity contribution in [1.29, 1.82) is 0 Å². The van der Waals surface area contributed by atoms with Crippen LogP contribution in [0, 0.1) is 0 Å². The van der Waals surface area contributed by atoms with E-state index < -0.39 is 22.1 Å². The largest absolute Gasteiger partial charge is 0.493 e. The van der Waals surface area contributed by atoms with Crippen LogP contribution in [0.3, 0.4) is 0 Å². The number of halogens is 2. The lowest BCUT2D eigenvalue weighted by atomic mass is 10.1. The lowest BCUT2D eigenvalue weighted by molar-refractivity contribution is 0.146. The molecule has 2 aromatic rings. The Balaban J connectivity index is 1.93. The second kappa shape index (κ2) is 9.09. The molecular weight excluding hydrogens is 418 g/mol. The van der Waals surface area contributed by atoms with Gasteiger partial charge in [-0.05, 0) is 31.2 Å². The van der Waals surface area contributed by atoms with E-state index in [0.29, 0.717) is 35.8 Å². The molecule has 0 amide bonds. The number of aromatic nitrogens is 2. The summed E-state index contributed by atoms with van der Waals surface area (Å²) in [5.74, 6) is 1.13. The summed E-state index contributed by atoms with van der Waals surface area (Å²) in [5.41, 5.74) is 0.499. The normalized spacial score (nSPS) is 15.5. The third-order valence-corrected chi connectivity index (χ3v) is 6.80. The van der Waals surface area contributed by atoms with Gasteiger partial charge in [-0.15, -0.1) is 0 Å². The molecule has 0 bridgehead atoms. The number of anilines is 1. The maximum Gasteiger partial charge on any atom is 0.280 e. The standard InChI is InChI=1S/C19H24F2N4O4S/c1-4-30(26,27)25-9-7-24(8-10-25)19-22-14(12-15(23-19)18(20)21)13-5-6-16(28-2)17(11-13)29-3/h5-6,11-12,18H,4,7-10H2,1-3H3. The number of benzene rings is 1. The highest BCUT2D eigenvalue weighted by atomic mass is 32.2. The first-order chi connectivity index (χ1) is 14.3. The van der Waals surface area contributed by atoms with Crippen molar-refractivity contribution in [2.45, 2.75) is 13.3 Å². The number of ether oxygens (including phenoxy) is 2. The van der Waals surface area contributed by atoms with Gasteiger partial charge in [-0.25, -0.2) is 27.2 Å². The molecule has 1 aliphatic rings. The third-order valence-electron chi connectivity index (χ3n) is 4.92. The van der Waals surface area contributed by atoms with Crippen LogP contribution in [0.4, 0.5) is 14.7 Å². The molecule has 8 nitrogen and oxygen atoms in total. The molecule has 0 atom stereocenters. The zero-order chi connectivity index (χ0) is 21.9. The van der Waals surface area contributed by atoms with Crippen molar-refractivity contribution in [1.82, 2.24) is 14.3 Å². The Labute approximate surface area is 174 Å². The fourth-order valence-corrected chi connectivity index (χ4v) is 4.28. The van der Waals surface area contributed by atoms with E-state index in [1.807, 2.05) is 0 Å². The maximum atomic E-state index is 13.5. The number of hydrogen-bond donors (Lipinski definition) is 0. The number of sulfonamides is 1. The second-order valence-corrected chi connectivity index (χ2v) is 8.89. The number of rotatable bonds is 7. The molecule has 1 fully saturated rings. The number of methoxy groups -OCH3 is 2. The minimum absolute atomic E-state index is 0.0216. The molecule has 1 aliphatic heterocycles. The highest BCUT2D eigenvalue weighted by Crippen LogP contribution is 2.33. The molecule has 1 saturated heterocycles. The van der Waals surface area contributed by atoms with Crippen LogP contribution >= 0.6 is 0 Å². The van der Waals surface area contributed by atoms with Gasteiger partial charge in [0.15, 0.2) is 11.5 Å². The van der Waals surface area contributed by atoms with E-state index in [4.69, 9.17) is 9.47 Å². The van der Waals surface area contributed by atoms with Crippen LogP contribution in [0.2, 0.25) is 0 Å². The first-order valence-electron chi connectivity index (χ1n) is 9.41. The van der Waals surface area contributed by atoms with Crippen LogP contribution in [0.25, 0.3) is 11.3 Å². The molecule has 30 heavy (non-hydrogen) atoms. The molecule has 0 aliphatic carbocycles. The Hall–Kier alpha value is -2.53. The van der Waals surface area contributed by atoms with Crippen LogP contribution < -0.4 is 14.4 Å². The van der Waals surface area contributed by atoms with Crippen molar-refractivity contribution in [3.05, 3.63) is 30.0 Å². The van der Waals surface area contributed by atoms with Crippen LogP contribution in [0.1, 0.15) is 19.0 Å². The predicted molar refractivity (Wildman–Crippen MR) is 109 cm³/mol. The summed E-state index contributed by atoms with van der Waals surface area (Å²) in [6, 6.07) is 6.28. The van der Waals surface area contributed by atoms with E-state index in [9.17, 15) is 17.2 Å². The van der Waals surface area contributed by atoms with Crippen molar-refractivity contribution in [3.8, 4) is 22.8 Å². The summed E-state index contributed by atoms with van der Waals surface area (Å²) in [6.07, 6.45) is -2.77. The van der Waals surface area contributed by atoms with Crippen LogP contribution in [0.5, 0.6) is 11.5 Å². The zero-order valence-electron chi connectivity index (χ0n) is 17.0. The van der Waals surface area contributed by atoms with E-state index in [1.165, 1.54) is 24.6 Å². The molecule has 1 aromatic heterocycles. The summed E-state index contributed by atoms with van der Waals surface area (Å²) in [4.78, 5) is 10.2. The predicted octanol–water partition coefficient (Wildman–Crippen LogP) is 2.57. The summed E-state index contributed by atoms with van der Waals surface area (Å²) < 4.78 is 63.0. The number of piperazine rings is 1. The average molecular weight is 442 g/mol. The summed E-state index contributed by atoms with van der Waals surface area (Å²) in [6.45, 7) is 2.73. The first kappa shape index (κ1) is 22.2. The van der Waals surface area contributed by atoms with Gasteiger partial charge in [-0.3, -0.25) is 0 Å². The molecule has 0 unspecified atom stereocenters. The van der Waals surface area contributed by atoms with Crippen molar-refractivity contribution in [2.75, 3.05) is 51.1 Å². The molecule has 2 heterocycles. The summed E-state index contributed by atoms with van der Waals surface area (Å²) in [7, 11) is -0.299. The molecule has 0 radical (unpaired) electrons. The van der Waals surface area contributed by atoms with E-state index in [-0.39, 0.29) is 24.8 Å². The Morgan fingerprint density at radius 3 is 2.27 bits per heavy atom. The number of hydrogen-bond acceptors (Lipinski definition) is 7. The molecule has 3 rings (SSSR count). The topological polar surface area (TPSA) is 84.9 Å². The molecule has 0 spiro atoms. The van der Waals surface area contributed by atoms with Crippen molar-refractivity contribution in [3.63, 3.8) is 0 Å². The van der Waals surface area contributed by atoms with Gasteiger partial charge in [0, 0.05) is 31.7 Å². The van der Waals surface area contributed by atoms with E-state index in [0.717, 1.165) is 0 Å². The molecule has 0 N–H and O–H groups in total. The molecule has 1 aromatic carbocycles. The second-order valence-electron chi connectivity index (χ2n) is 6.64. The summed E-state index contributed by atoms with van der Waals surface area (Å²) >= 11 is 0. The third kappa shape index (κ3) is 4.62.